The third-order valence-electron chi connectivity index (χ3n) is 6.28. The molecule has 1 aromatic carbocycles. The van der Waals surface area contributed by atoms with E-state index in [-0.39, 0.29) is 18.2 Å². The minimum Gasteiger partial charge on any atom is -0.359 e. The average Bonchev–Trinajstić information content (AvgIpc) is 3.39. The van der Waals surface area contributed by atoms with E-state index in [2.05, 4.69) is 40.6 Å². The van der Waals surface area contributed by atoms with Crippen molar-refractivity contribution in [2.75, 3.05) is 26.7 Å². The zero-order chi connectivity index (χ0) is 21.8. The number of hydrogen-bond acceptors (Lipinski definition) is 4. The Morgan fingerprint density at radius 1 is 1.23 bits per heavy atom. The van der Waals surface area contributed by atoms with Crippen molar-refractivity contribution in [1.82, 2.24) is 15.1 Å². The highest BCUT2D eigenvalue weighted by Crippen LogP contribution is 2.30. The van der Waals surface area contributed by atoms with E-state index in [9.17, 15) is 14.4 Å². The molecule has 0 saturated heterocycles. The molecule has 0 saturated carbocycles. The maximum absolute atomic E-state index is 12.8. The average molecular weight is 420 g/mol. The second kappa shape index (κ2) is 9.43. The van der Waals surface area contributed by atoms with Crippen molar-refractivity contribution in [2.45, 2.75) is 38.3 Å². The summed E-state index contributed by atoms with van der Waals surface area (Å²) in [5.74, 6) is -0.260. The van der Waals surface area contributed by atoms with Gasteiger partial charge in [-0.15, -0.1) is 0 Å². The lowest BCUT2D eigenvalue weighted by molar-refractivity contribution is -0.121. The van der Waals surface area contributed by atoms with Crippen molar-refractivity contribution in [2.24, 2.45) is 0 Å². The lowest BCUT2D eigenvalue weighted by Crippen LogP contribution is -2.37. The van der Waals surface area contributed by atoms with E-state index in [0.717, 1.165) is 49.9 Å². The molecule has 1 N–H and O–H groups in total. The normalized spacial score (nSPS) is 19.1. The van der Waals surface area contributed by atoms with Crippen LogP contribution in [-0.4, -0.2) is 60.6 Å². The Balaban J connectivity index is 1.41. The van der Waals surface area contributed by atoms with Crippen LogP contribution in [0.2, 0.25) is 0 Å². The quantitative estimate of drug-likeness (QED) is 0.658. The number of aldehydes is 1. The van der Waals surface area contributed by atoms with Gasteiger partial charge in [-0.2, -0.15) is 0 Å². The Kier molecular flexibility index (Phi) is 6.47. The number of carbonyl (C=O) groups is 3. The Hall–Kier alpha value is -2.99. The van der Waals surface area contributed by atoms with Crippen LogP contribution in [0.1, 0.15) is 47.2 Å². The number of carbonyl (C=O) groups excluding carboxylic acids is 3. The van der Waals surface area contributed by atoms with Crippen LogP contribution in [0.4, 0.5) is 0 Å². The topological polar surface area (TPSA) is 69.7 Å². The van der Waals surface area contributed by atoms with E-state index >= 15 is 0 Å². The van der Waals surface area contributed by atoms with Crippen LogP contribution in [0.3, 0.4) is 0 Å². The molecule has 1 aliphatic carbocycles. The fourth-order valence-electron chi connectivity index (χ4n) is 4.49. The first-order valence-corrected chi connectivity index (χ1v) is 11.0. The number of fused-ring (bicyclic) bond motifs is 1. The molecule has 0 aromatic heterocycles. The van der Waals surface area contributed by atoms with Gasteiger partial charge in [0.05, 0.1) is 6.04 Å². The number of benzene rings is 1. The van der Waals surface area contributed by atoms with E-state index in [1.54, 1.807) is 11.9 Å². The van der Waals surface area contributed by atoms with E-state index in [1.165, 1.54) is 11.1 Å². The monoisotopic (exact) mass is 419 g/mol. The molecule has 2 heterocycles. The Morgan fingerprint density at radius 2 is 2.10 bits per heavy atom. The molecule has 0 fully saturated rings. The number of amides is 2. The predicted molar refractivity (Wildman–Crippen MR) is 120 cm³/mol. The first-order valence-electron chi connectivity index (χ1n) is 11.0. The largest absolute Gasteiger partial charge is 0.359 e. The van der Waals surface area contributed by atoms with Gasteiger partial charge < -0.3 is 15.0 Å². The van der Waals surface area contributed by atoms with Crippen LogP contribution in [0, 0.1) is 0 Å². The van der Waals surface area contributed by atoms with Gasteiger partial charge in [0, 0.05) is 45.2 Å². The molecule has 1 atom stereocenters. The van der Waals surface area contributed by atoms with Gasteiger partial charge in [0.1, 0.15) is 6.29 Å². The molecule has 162 valence electrons. The third kappa shape index (κ3) is 4.69. The lowest BCUT2D eigenvalue weighted by atomic mass is 10.0. The molecule has 6 nitrogen and oxygen atoms in total. The van der Waals surface area contributed by atoms with Gasteiger partial charge in [0.15, 0.2) is 0 Å². The number of hydrogen-bond donors (Lipinski definition) is 1. The number of nitrogens with zero attached hydrogens (tertiary/aromatic N) is 2. The molecule has 2 amide bonds. The molecule has 0 bridgehead atoms. The first-order chi connectivity index (χ1) is 15.1. The van der Waals surface area contributed by atoms with Gasteiger partial charge in [-0.1, -0.05) is 30.4 Å². The molecule has 0 spiro atoms. The van der Waals surface area contributed by atoms with Crippen LogP contribution in [0.25, 0.3) is 5.57 Å². The summed E-state index contributed by atoms with van der Waals surface area (Å²) in [5, 5.41) is 2.56. The zero-order valence-corrected chi connectivity index (χ0v) is 18.0. The van der Waals surface area contributed by atoms with Gasteiger partial charge in [0.2, 0.25) is 5.91 Å². The van der Waals surface area contributed by atoms with Crippen molar-refractivity contribution in [1.29, 1.82) is 0 Å². The SMILES string of the molecule is CNC(=O)CCC(C=O)N1Cc2cc(C3=CCN(CC4=CCCC=C4)C3)ccc2C1=O. The smallest absolute Gasteiger partial charge is 0.255 e. The van der Waals surface area contributed by atoms with Crippen molar-refractivity contribution in [3.63, 3.8) is 0 Å². The number of nitrogens with one attached hydrogen (secondary N) is 1. The predicted octanol–water partition coefficient (Wildman–Crippen LogP) is 2.71. The van der Waals surface area contributed by atoms with Crippen molar-refractivity contribution >= 4 is 23.7 Å². The van der Waals surface area contributed by atoms with Gasteiger partial charge in [-0.25, -0.2) is 0 Å². The highest BCUT2D eigenvalue weighted by atomic mass is 16.2. The van der Waals surface area contributed by atoms with Crippen molar-refractivity contribution in [3.05, 3.63) is 64.8 Å². The molecule has 2 aliphatic heterocycles. The summed E-state index contributed by atoms with van der Waals surface area (Å²) >= 11 is 0. The second-order valence-electron chi connectivity index (χ2n) is 8.38. The maximum atomic E-state index is 12.8. The fraction of sp³-hybridized carbons (Fsp3) is 0.400. The zero-order valence-electron chi connectivity index (χ0n) is 18.0. The van der Waals surface area contributed by atoms with Gasteiger partial charge in [-0.3, -0.25) is 14.5 Å². The molecular weight excluding hydrogens is 390 g/mol. The molecule has 0 radical (unpaired) electrons. The molecule has 4 rings (SSSR count). The molecule has 6 heteroatoms. The summed E-state index contributed by atoms with van der Waals surface area (Å²) in [6, 6.07) is 5.39. The van der Waals surface area contributed by atoms with Crippen LogP contribution in [0.5, 0.6) is 0 Å². The van der Waals surface area contributed by atoms with Gasteiger partial charge in [-0.05, 0) is 53.7 Å². The highest BCUT2D eigenvalue weighted by molar-refractivity contribution is 6.00. The summed E-state index contributed by atoms with van der Waals surface area (Å²) in [6.07, 6.45) is 12.6. The number of allylic oxidation sites excluding steroid dienone is 2. The molecule has 1 unspecified atom stereocenters. The maximum Gasteiger partial charge on any atom is 0.255 e. The summed E-state index contributed by atoms with van der Waals surface area (Å²) in [7, 11) is 1.57. The van der Waals surface area contributed by atoms with Crippen LogP contribution in [0.15, 0.2) is 48.1 Å². The van der Waals surface area contributed by atoms with Crippen molar-refractivity contribution < 1.29 is 14.4 Å². The summed E-state index contributed by atoms with van der Waals surface area (Å²) in [4.78, 5) is 40.0. The molecular formula is C25H29N3O3. The second-order valence-corrected chi connectivity index (χ2v) is 8.38. The van der Waals surface area contributed by atoms with E-state index < -0.39 is 6.04 Å². The number of rotatable bonds is 8. The summed E-state index contributed by atoms with van der Waals surface area (Å²) in [6.45, 7) is 3.19. The van der Waals surface area contributed by atoms with E-state index in [4.69, 9.17) is 0 Å². The van der Waals surface area contributed by atoms with Crippen molar-refractivity contribution in [3.8, 4) is 0 Å². The molecule has 31 heavy (non-hydrogen) atoms. The van der Waals surface area contributed by atoms with Crippen LogP contribution >= 0.6 is 0 Å². The van der Waals surface area contributed by atoms with Crippen LogP contribution in [-0.2, 0) is 16.1 Å². The van der Waals surface area contributed by atoms with E-state index in [0.29, 0.717) is 18.5 Å². The minimum absolute atomic E-state index is 0.129. The first kappa shape index (κ1) is 21.2. The van der Waals surface area contributed by atoms with E-state index in [1.807, 2.05) is 12.1 Å². The molecule has 1 aromatic rings. The summed E-state index contributed by atoms with van der Waals surface area (Å²) in [5.41, 5.74) is 5.40. The molecule has 3 aliphatic rings. The standard InChI is InChI=1S/C25H29N3O3/c1-26-24(30)10-8-22(17-29)28-16-21-13-19(7-9-23(21)25(28)31)20-11-12-27(15-20)14-18-5-3-2-4-6-18/h3,5-7,9,11,13,17,22H,2,4,8,10,12,14-16H2,1H3,(H,26,30). The Bertz CT molecular complexity index is 976. The Labute approximate surface area is 183 Å². The summed E-state index contributed by atoms with van der Waals surface area (Å²) < 4.78 is 0. The van der Waals surface area contributed by atoms with Gasteiger partial charge >= 0.3 is 0 Å². The van der Waals surface area contributed by atoms with Crippen LogP contribution < -0.4 is 5.32 Å². The highest BCUT2D eigenvalue weighted by Gasteiger charge is 2.33. The Morgan fingerprint density at radius 3 is 2.84 bits per heavy atom. The lowest BCUT2D eigenvalue weighted by Gasteiger charge is -2.22. The minimum atomic E-state index is -0.585. The van der Waals surface area contributed by atoms with Gasteiger partial charge in [0.25, 0.3) is 5.91 Å². The third-order valence-corrected chi connectivity index (χ3v) is 6.28. The fourth-order valence-corrected chi connectivity index (χ4v) is 4.49.